The molecule has 1 atom stereocenters. The number of halogens is 1. The average molecular weight is 387 g/mol. The van der Waals surface area contributed by atoms with E-state index in [2.05, 4.69) is 15.5 Å². The number of hydrogen-bond donors (Lipinski definition) is 1. The maximum Gasteiger partial charge on any atom is 0.257 e. The fraction of sp³-hybridized carbons (Fsp3) is 0.350. The van der Waals surface area contributed by atoms with Crippen molar-refractivity contribution in [2.24, 2.45) is 0 Å². The van der Waals surface area contributed by atoms with Crippen molar-refractivity contribution < 1.29 is 9.32 Å². The molecule has 0 aliphatic rings. The van der Waals surface area contributed by atoms with Crippen LogP contribution in [0.4, 0.5) is 0 Å². The van der Waals surface area contributed by atoms with Crippen molar-refractivity contribution in [3.05, 3.63) is 58.4 Å². The molecule has 7 heteroatoms. The second-order valence-electron chi connectivity index (χ2n) is 7.01. The highest BCUT2D eigenvalue weighted by Gasteiger charge is 2.20. The van der Waals surface area contributed by atoms with Crippen LogP contribution in [-0.4, -0.2) is 41.6 Å². The van der Waals surface area contributed by atoms with Crippen LogP contribution in [0.15, 0.2) is 41.1 Å². The molecular weight excluding hydrogens is 364 g/mol. The molecule has 142 valence electrons. The van der Waals surface area contributed by atoms with Gasteiger partial charge in [-0.1, -0.05) is 48.8 Å². The van der Waals surface area contributed by atoms with Gasteiger partial charge in [0.2, 0.25) is 0 Å². The number of nitrogens with zero attached hydrogens (tertiary/aromatic N) is 3. The largest absolute Gasteiger partial charge is 0.350 e. The lowest BCUT2D eigenvalue weighted by Crippen LogP contribution is -2.34. The van der Waals surface area contributed by atoms with Gasteiger partial charge in [0.25, 0.3) is 11.6 Å². The third-order valence-electron chi connectivity index (χ3n) is 4.51. The summed E-state index contributed by atoms with van der Waals surface area (Å²) >= 11 is 6.33. The topological polar surface area (TPSA) is 71.3 Å². The Balaban J connectivity index is 1.79. The van der Waals surface area contributed by atoms with Gasteiger partial charge in [0, 0.05) is 17.8 Å². The van der Waals surface area contributed by atoms with Crippen LogP contribution in [-0.2, 0) is 0 Å². The minimum atomic E-state index is -0.195. The number of aromatic nitrogens is 2. The highest BCUT2D eigenvalue weighted by Crippen LogP contribution is 2.26. The standard InChI is InChI=1S/C20H23ClN4O2/c1-12(2)18-15-9-13(10-23-20(15)27-24-18)19(26)22-11-17(25(3)4)14-7-5-6-8-16(14)21/h5-10,12,17H,11H2,1-4H3,(H,22,26). The van der Waals surface area contributed by atoms with Gasteiger partial charge in [-0.3, -0.25) is 4.79 Å². The Kier molecular flexibility index (Phi) is 5.77. The van der Waals surface area contributed by atoms with Gasteiger partial charge in [-0.05, 0) is 37.7 Å². The first-order valence-electron chi connectivity index (χ1n) is 8.83. The van der Waals surface area contributed by atoms with Crippen molar-refractivity contribution in [3.63, 3.8) is 0 Å². The van der Waals surface area contributed by atoms with Crippen LogP contribution in [0.3, 0.4) is 0 Å². The number of carbonyl (C=O) groups excluding carboxylic acids is 1. The number of nitrogens with one attached hydrogen (secondary N) is 1. The molecule has 1 N–H and O–H groups in total. The third-order valence-corrected chi connectivity index (χ3v) is 4.85. The van der Waals surface area contributed by atoms with Crippen LogP contribution < -0.4 is 5.32 Å². The molecule has 2 aromatic heterocycles. The molecule has 0 radical (unpaired) electrons. The summed E-state index contributed by atoms with van der Waals surface area (Å²) in [7, 11) is 3.92. The normalized spacial score (nSPS) is 12.7. The smallest absolute Gasteiger partial charge is 0.257 e. The van der Waals surface area contributed by atoms with E-state index in [4.69, 9.17) is 16.1 Å². The van der Waals surface area contributed by atoms with Crippen molar-refractivity contribution in [2.45, 2.75) is 25.8 Å². The quantitative estimate of drug-likeness (QED) is 0.692. The molecule has 1 unspecified atom stereocenters. The Labute approximate surface area is 163 Å². The lowest BCUT2D eigenvalue weighted by molar-refractivity contribution is 0.0941. The lowest BCUT2D eigenvalue weighted by atomic mass is 10.1. The number of fused-ring (bicyclic) bond motifs is 1. The van der Waals surface area contributed by atoms with E-state index in [0.29, 0.717) is 22.8 Å². The molecular formula is C20H23ClN4O2. The van der Waals surface area contributed by atoms with Gasteiger partial charge < -0.3 is 14.7 Å². The Morgan fingerprint density at radius 1 is 1.30 bits per heavy atom. The summed E-state index contributed by atoms with van der Waals surface area (Å²) in [6.45, 7) is 4.47. The fourth-order valence-corrected chi connectivity index (χ4v) is 3.26. The van der Waals surface area contributed by atoms with Gasteiger partial charge >= 0.3 is 0 Å². The van der Waals surface area contributed by atoms with E-state index in [1.807, 2.05) is 57.1 Å². The zero-order chi connectivity index (χ0) is 19.6. The molecule has 0 saturated carbocycles. The zero-order valence-electron chi connectivity index (χ0n) is 15.9. The molecule has 3 aromatic rings. The second-order valence-corrected chi connectivity index (χ2v) is 7.42. The van der Waals surface area contributed by atoms with Gasteiger partial charge in [0.1, 0.15) is 0 Å². The fourth-order valence-electron chi connectivity index (χ4n) is 3.00. The Morgan fingerprint density at radius 2 is 2.04 bits per heavy atom. The van der Waals surface area contributed by atoms with Crippen LogP contribution in [0.5, 0.6) is 0 Å². The molecule has 0 bridgehead atoms. The molecule has 27 heavy (non-hydrogen) atoms. The highest BCUT2D eigenvalue weighted by atomic mass is 35.5. The lowest BCUT2D eigenvalue weighted by Gasteiger charge is -2.26. The Hall–Kier alpha value is -2.44. The number of benzene rings is 1. The number of likely N-dealkylation sites (N-methyl/N-ethyl adjacent to an activating group) is 1. The summed E-state index contributed by atoms with van der Waals surface area (Å²) < 4.78 is 5.23. The summed E-state index contributed by atoms with van der Waals surface area (Å²) in [5.74, 6) is -0.0103. The monoisotopic (exact) mass is 386 g/mol. The summed E-state index contributed by atoms with van der Waals surface area (Å²) in [5, 5.41) is 8.48. The Bertz CT molecular complexity index is 952. The SMILES string of the molecule is CC(C)c1noc2ncc(C(=O)NCC(c3ccccc3Cl)N(C)C)cc12. The van der Waals surface area contributed by atoms with E-state index in [0.717, 1.165) is 16.6 Å². The van der Waals surface area contributed by atoms with Gasteiger partial charge in [-0.2, -0.15) is 0 Å². The molecule has 0 aliphatic heterocycles. The van der Waals surface area contributed by atoms with Crippen molar-refractivity contribution in [2.75, 3.05) is 20.6 Å². The predicted molar refractivity (Wildman–Crippen MR) is 106 cm³/mol. The highest BCUT2D eigenvalue weighted by molar-refractivity contribution is 6.31. The summed E-state index contributed by atoms with van der Waals surface area (Å²) in [5.41, 5.74) is 2.69. The van der Waals surface area contributed by atoms with Crippen LogP contribution in [0.1, 0.15) is 47.4 Å². The minimum absolute atomic E-state index is 0.0406. The molecule has 0 spiro atoms. The number of pyridine rings is 1. The maximum absolute atomic E-state index is 12.7. The van der Waals surface area contributed by atoms with Gasteiger partial charge in [0.05, 0.1) is 22.7 Å². The molecule has 0 saturated heterocycles. The number of amides is 1. The Morgan fingerprint density at radius 3 is 2.70 bits per heavy atom. The summed E-state index contributed by atoms with van der Waals surface area (Å²) in [6, 6.07) is 9.40. The molecule has 3 rings (SSSR count). The van der Waals surface area contributed by atoms with Crippen LogP contribution >= 0.6 is 11.6 Å². The van der Waals surface area contributed by atoms with E-state index in [1.165, 1.54) is 6.20 Å². The average Bonchev–Trinajstić information content (AvgIpc) is 3.06. The van der Waals surface area contributed by atoms with E-state index in [1.54, 1.807) is 6.07 Å². The van der Waals surface area contributed by atoms with Gasteiger partial charge in [-0.25, -0.2) is 4.98 Å². The van der Waals surface area contributed by atoms with E-state index in [-0.39, 0.29) is 17.9 Å². The third kappa shape index (κ3) is 4.12. The van der Waals surface area contributed by atoms with Gasteiger partial charge in [0.15, 0.2) is 0 Å². The van der Waals surface area contributed by atoms with Crippen LogP contribution in [0.2, 0.25) is 5.02 Å². The zero-order valence-corrected chi connectivity index (χ0v) is 16.6. The first kappa shape index (κ1) is 19.3. The molecule has 1 aromatic carbocycles. The minimum Gasteiger partial charge on any atom is -0.350 e. The van der Waals surface area contributed by atoms with E-state index in [9.17, 15) is 4.79 Å². The summed E-state index contributed by atoms with van der Waals surface area (Å²) in [4.78, 5) is 18.9. The molecule has 2 heterocycles. The van der Waals surface area contributed by atoms with Crippen molar-refractivity contribution in [1.82, 2.24) is 20.4 Å². The van der Waals surface area contributed by atoms with Crippen LogP contribution in [0.25, 0.3) is 11.1 Å². The van der Waals surface area contributed by atoms with Crippen molar-refractivity contribution >= 4 is 28.6 Å². The van der Waals surface area contributed by atoms with Crippen molar-refractivity contribution in [1.29, 1.82) is 0 Å². The van der Waals surface area contributed by atoms with Crippen LogP contribution in [0, 0.1) is 0 Å². The number of rotatable bonds is 6. The predicted octanol–water partition coefficient (Wildman–Crippen LogP) is 4.03. The summed E-state index contributed by atoms with van der Waals surface area (Å²) in [6.07, 6.45) is 1.51. The number of carbonyl (C=O) groups is 1. The maximum atomic E-state index is 12.7. The second kappa shape index (κ2) is 8.06. The first-order valence-corrected chi connectivity index (χ1v) is 9.20. The number of hydrogen-bond acceptors (Lipinski definition) is 5. The van der Waals surface area contributed by atoms with E-state index < -0.39 is 0 Å². The molecule has 6 nitrogen and oxygen atoms in total. The van der Waals surface area contributed by atoms with Crippen molar-refractivity contribution in [3.8, 4) is 0 Å². The molecule has 1 amide bonds. The molecule has 0 aliphatic carbocycles. The first-order chi connectivity index (χ1) is 12.9. The van der Waals surface area contributed by atoms with E-state index >= 15 is 0 Å². The van der Waals surface area contributed by atoms with Gasteiger partial charge in [-0.15, -0.1) is 0 Å². The molecule has 0 fully saturated rings.